The zero-order chi connectivity index (χ0) is 15.4. The first-order chi connectivity index (χ1) is 10.0. The minimum absolute atomic E-state index is 0.237. The van der Waals surface area contributed by atoms with Crippen LogP contribution in [-0.4, -0.2) is 23.8 Å². The molecule has 0 saturated carbocycles. The Bertz CT molecular complexity index is 684. The predicted molar refractivity (Wildman–Crippen MR) is 76.7 cm³/mol. The molecule has 2 aromatic rings. The molecule has 0 saturated heterocycles. The van der Waals surface area contributed by atoms with Crippen molar-refractivity contribution in [2.24, 2.45) is 0 Å². The lowest BCUT2D eigenvalue weighted by molar-refractivity contribution is 0.0961. The van der Waals surface area contributed by atoms with E-state index in [0.717, 1.165) is 17.8 Å². The third kappa shape index (κ3) is 3.42. The second-order valence-corrected chi connectivity index (χ2v) is 4.43. The van der Waals surface area contributed by atoms with Gasteiger partial charge in [0.25, 0.3) is 11.8 Å². The van der Waals surface area contributed by atoms with Crippen LogP contribution >= 0.6 is 0 Å². The highest BCUT2D eigenvalue weighted by molar-refractivity contribution is 6.05. The van der Waals surface area contributed by atoms with E-state index in [9.17, 15) is 14.0 Å². The summed E-state index contributed by atoms with van der Waals surface area (Å²) in [5, 5.41) is 5.20. The third-order valence-electron chi connectivity index (χ3n) is 2.96. The number of benzene rings is 1. The molecular weight excluding hydrogens is 273 g/mol. The minimum Gasteiger partial charge on any atom is -0.355 e. The van der Waals surface area contributed by atoms with Gasteiger partial charge in [0.2, 0.25) is 5.95 Å². The Kier molecular flexibility index (Phi) is 4.27. The lowest BCUT2D eigenvalue weighted by Crippen LogP contribution is -2.19. The Balaban J connectivity index is 2.24. The summed E-state index contributed by atoms with van der Waals surface area (Å²) in [5.41, 5.74) is 2.01. The SMILES string of the molecule is CNC(=O)c1ccc(C)c(NC(=O)c2ccc(F)nc2)c1. The number of hydrogen-bond donors (Lipinski definition) is 2. The summed E-state index contributed by atoms with van der Waals surface area (Å²) in [4.78, 5) is 27.1. The van der Waals surface area contributed by atoms with E-state index in [1.807, 2.05) is 6.92 Å². The summed E-state index contributed by atoms with van der Waals surface area (Å²) in [7, 11) is 1.53. The molecule has 0 atom stereocenters. The fraction of sp³-hybridized carbons (Fsp3) is 0.133. The highest BCUT2D eigenvalue weighted by Crippen LogP contribution is 2.18. The molecule has 0 radical (unpaired) electrons. The van der Waals surface area contributed by atoms with Gasteiger partial charge in [-0.2, -0.15) is 4.39 Å². The van der Waals surface area contributed by atoms with Gasteiger partial charge in [-0.25, -0.2) is 4.98 Å². The molecule has 1 heterocycles. The molecule has 21 heavy (non-hydrogen) atoms. The molecule has 0 aliphatic carbocycles. The van der Waals surface area contributed by atoms with Crippen molar-refractivity contribution in [3.05, 3.63) is 59.2 Å². The van der Waals surface area contributed by atoms with Crippen LogP contribution < -0.4 is 10.6 Å². The van der Waals surface area contributed by atoms with E-state index in [-0.39, 0.29) is 11.5 Å². The van der Waals surface area contributed by atoms with Crippen LogP contribution in [0.3, 0.4) is 0 Å². The number of nitrogens with one attached hydrogen (secondary N) is 2. The number of halogens is 1. The van der Waals surface area contributed by atoms with Crippen LogP contribution in [0.2, 0.25) is 0 Å². The first kappa shape index (κ1) is 14.6. The molecule has 2 N–H and O–H groups in total. The molecule has 0 aliphatic heterocycles. The minimum atomic E-state index is -0.649. The van der Waals surface area contributed by atoms with E-state index in [0.29, 0.717) is 11.3 Å². The highest BCUT2D eigenvalue weighted by Gasteiger charge is 2.11. The van der Waals surface area contributed by atoms with Crippen LogP contribution in [0.4, 0.5) is 10.1 Å². The maximum Gasteiger partial charge on any atom is 0.257 e. The number of hydrogen-bond acceptors (Lipinski definition) is 3. The lowest BCUT2D eigenvalue weighted by Gasteiger charge is -2.10. The number of nitrogens with zero attached hydrogens (tertiary/aromatic N) is 1. The Morgan fingerprint density at radius 1 is 1.10 bits per heavy atom. The van der Waals surface area contributed by atoms with E-state index in [4.69, 9.17) is 0 Å². The third-order valence-corrected chi connectivity index (χ3v) is 2.96. The second kappa shape index (κ2) is 6.13. The van der Waals surface area contributed by atoms with Gasteiger partial charge >= 0.3 is 0 Å². The van der Waals surface area contributed by atoms with Gasteiger partial charge < -0.3 is 10.6 Å². The molecule has 2 rings (SSSR count). The van der Waals surface area contributed by atoms with Crippen molar-refractivity contribution in [2.75, 3.05) is 12.4 Å². The summed E-state index contributed by atoms with van der Waals surface area (Å²) < 4.78 is 12.7. The number of pyridine rings is 1. The van der Waals surface area contributed by atoms with Crippen molar-refractivity contribution in [3.8, 4) is 0 Å². The van der Waals surface area contributed by atoms with E-state index >= 15 is 0 Å². The topological polar surface area (TPSA) is 71.1 Å². The molecule has 1 aromatic heterocycles. The second-order valence-electron chi connectivity index (χ2n) is 4.43. The maximum absolute atomic E-state index is 12.7. The Morgan fingerprint density at radius 2 is 1.81 bits per heavy atom. The van der Waals surface area contributed by atoms with Crippen molar-refractivity contribution in [1.29, 1.82) is 0 Å². The van der Waals surface area contributed by atoms with Gasteiger partial charge in [-0.15, -0.1) is 0 Å². The molecular formula is C15H14FN3O2. The first-order valence-corrected chi connectivity index (χ1v) is 6.27. The smallest absolute Gasteiger partial charge is 0.257 e. The van der Waals surface area contributed by atoms with E-state index in [1.165, 1.54) is 13.1 Å². The van der Waals surface area contributed by atoms with Gasteiger partial charge in [0.1, 0.15) is 0 Å². The van der Waals surface area contributed by atoms with Gasteiger partial charge in [-0.05, 0) is 36.8 Å². The zero-order valence-electron chi connectivity index (χ0n) is 11.6. The standard InChI is InChI=1S/C15H14FN3O2/c1-9-3-4-10(14(20)17-2)7-12(9)19-15(21)11-5-6-13(16)18-8-11/h3-8H,1-2H3,(H,17,20)(H,19,21). The lowest BCUT2D eigenvalue weighted by atomic mass is 10.1. The maximum atomic E-state index is 12.7. The van der Waals surface area contributed by atoms with Gasteiger partial charge in [0.15, 0.2) is 0 Å². The molecule has 0 fully saturated rings. The molecule has 6 heteroatoms. The van der Waals surface area contributed by atoms with E-state index < -0.39 is 11.9 Å². The fourth-order valence-corrected chi connectivity index (χ4v) is 1.75. The largest absolute Gasteiger partial charge is 0.355 e. The molecule has 108 valence electrons. The van der Waals surface area contributed by atoms with Gasteiger partial charge in [0.05, 0.1) is 5.56 Å². The average molecular weight is 287 g/mol. The number of rotatable bonds is 3. The molecule has 1 aromatic carbocycles. The number of carbonyl (C=O) groups excluding carboxylic acids is 2. The van der Waals surface area contributed by atoms with Crippen molar-refractivity contribution in [3.63, 3.8) is 0 Å². The number of aromatic nitrogens is 1. The van der Waals surface area contributed by atoms with Crippen molar-refractivity contribution in [2.45, 2.75) is 6.92 Å². The van der Waals surface area contributed by atoms with Crippen LogP contribution in [0, 0.1) is 12.9 Å². The van der Waals surface area contributed by atoms with E-state index in [2.05, 4.69) is 15.6 Å². The Morgan fingerprint density at radius 3 is 2.43 bits per heavy atom. The molecule has 0 bridgehead atoms. The number of carbonyl (C=O) groups is 2. The number of anilines is 1. The quantitative estimate of drug-likeness (QED) is 0.850. The monoisotopic (exact) mass is 287 g/mol. The summed E-state index contributed by atoms with van der Waals surface area (Å²) in [5.74, 6) is -1.31. The summed E-state index contributed by atoms with van der Waals surface area (Å²) in [6.07, 6.45) is 1.16. The Labute approximate surface area is 121 Å². The summed E-state index contributed by atoms with van der Waals surface area (Å²) in [6.45, 7) is 1.81. The van der Waals surface area contributed by atoms with Crippen molar-refractivity contribution >= 4 is 17.5 Å². The van der Waals surface area contributed by atoms with Crippen LogP contribution in [0.15, 0.2) is 36.5 Å². The van der Waals surface area contributed by atoms with Gasteiger partial charge in [0, 0.05) is 24.5 Å². The fourth-order valence-electron chi connectivity index (χ4n) is 1.75. The van der Waals surface area contributed by atoms with Crippen LogP contribution in [0.5, 0.6) is 0 Å². The van der Waals surface area contributed by atoms with Crippen molar-refractivity contribution in [1.82, 2.24) is 10.3 Å². The molecule has 2 amide bonds. The van der Waals surface area contributed by atoms with Gasteiger partial charge in [-0.3, -0.25) is 9.59 Å². The van der Waals surface area contributed by atoms with Crippen LogP contribution in [0.25, 0.3) is 0 Å². The number of amides is 2. The summed E-state index contributed by atoms with van der Waals surface area (Å²) in [6, 6.07) is 7.45. The predicted octanol–water partition coefficient (Wildman–Crippen LogP) is 2.14. The first-order valence-electron chi connectivity index (χ1n) is 6.27. The van der Waals surface area contributed by atoms with Crippen LogP contribution in [-0.2, 0) is 0 Å². The molecule has 0 aliphatic rings. The molecule has 0 unspecified atom stereocenters. The number of aryl methyl sites for hydroxylation is 1. The van der Waals surface area contributed by atoms with Crippen molar-refractivity contribution < 1.29 is 14.0 Å². The van der Waals surface area contributed by atoms with Gasteiger partial charge in [-0.1, -0.05) is 6.07 Å². The average Bonchev–Trinajstić information content (AvgIpc) is 2.49. The molecule has 0 spiro atoms. The van der Waals surface area contributed by atoms with Crippen LogP contribution in [0.1, 0.15) is 26.3 Å². The normalized spacial score (nSPS) is 10.0. The summed E-state index contributed by atoms with van der Waals surface area (Å²) >= 11 is 0. The Hall–Kier alpha value is -2.76. The highest BCUT2D eigenvalue weighted by atomic mass is 19.1. The molecule has 5 nitrogen and oxygen atoms in total. The zero-order valence-corrected chi connectivity index (χ0v) is 11.6. The van der Waals surface area contributed by atoms with E-state index in [1.54, 1.807) is 18.2 Å².